The summed E-state index contributed by atoms with van der Waals surface area (Å²) in [4.78, 5) is 12.8. The van der Waals surface area contributed by atoms with Crippen LogP contribution in [0, 0.1) is 0 Å². The lowest BCUT2D eigenvalue weighted by molar-refractivity contribution is -0.119. The first-order chi connectivity index (χ1) is 5.65. The van der Waals surface area contributed by atoms with Gasteiger partial charge in [-0.2, -0.15) is 0 Å². The first kappa shape index (κ1) is 9.22. The fraction of sp³-hybridized carbons (Fsp3) is 0.375. The summed E-state index contributed by atoms with van der Waals surface area (Å²) in [5.74, 6) is -0.473. The molecule has 1 amide bonds. The molecule has 0 fully saturated rings. The molecule has 3 nitrogen and oxygen atoms in total. The summed E-state index contributed by atoms with van der Waals surface area (Å²) in [6, 6.07) is 3.19. The van der Waals surface area contributed by atoms with E-state index in [1.807, 2.05) is 12.1 Å². The van der Waals surface area contributed by atoms with Gasteiger partial charge in [-0.3, -0.25) is 4.79 Å². The van der Waals surface area contributed by atoms with Crippen molar-refractivity contribution in [2.75, 3.05) is 0 Å². The molecular weight excluding hydrogens is 172 g/mol. The van der Waals surface area contributed by atoms with Crippen molar-refractivity contribution in [3.8, 4) is 0 Å². The van der Waals surface area contributed by atoms with Crippen molar-refractivity contribution in [1.29, 1.82) is 0 Å². The van der Waals surface area contributed by atoms with E-state index in [1.165, 1.54) is 4.88 Å². The SMILES string of the molecule is CCc1ccc(C(N)C(N)=O)s1. The van der Waals surface area contributed by atoms with E-state index >= 15 is 0 Å². The molecule has 0 aromatic carbocycles. The van der Waals surface area contributed by atoms with Crippen LogP contribution in [-0.4, -0.2) is 5.91 Å². The minimum absolute atomic E-state index is 0.473. The van der Waals surface area contributed by atoms with E-state index in [9.17, 15) is 4.79 Å². The van der Waals surface area contributed by atoms with Crippen LogP contribution in [0.3, 0.4) is 0 Å². The van der Waals surface area contributed by atoms with Crippen molar-refractivity contribution in [2.24, 2.45) is 11.5 Å². The highest BCUT2D eigenvalue weighted by Crippen LogP contribution is 2.21. The number of thiophene rings is 1. The van der Waals surface area contributed by atoms with E-state index in [0.717, 1.165) is 11.3 Å². The molecule has 0 bridgehead atoms. The van der Waals surface area contributed by atoms with Gasteiger partial charge in [-0.05, 0) is 18.6 Å². The van der Waals surface area contributed by atoms with Gasteiger partial charge in [0, 0.05) is 9.75 Å². The fourth-order valence-electron chi connectivity index (χ4n) is 0.892. The van der Waals surface area contributed by atoms with Gasteiger partial charge in [0.25, 0.3) is 0 Å². The number of carbonyl (C=O) groups excluding carboxylic acids is 1. The molecule has 0 saturated heterocycles. The second-order valence-corrected chi connectivity index (χ2v) is 3.74. The molecule has 4 N–H and O–H groups in total. The average Bonchev–Trinajstić information content (AvgIpc) is 2.50. The normalized spacial score (nSPS) is 12.8. The Morgan fingerprint density at radius 2 is 2.33 bits per heavy atom. The van der Waals surface area contributed by atoms with Crippen molar-refractivity contribution in [1.82, 2.24) is 0 Å². The lowest BCUT2D eigenvalue weighted by Gasteiger charge is -2.02. The zero-order valence-electron chi connectivity index (χ0n) is 6.91. The number of hydrogen-bond acceptors (Lipinski definition) is 3. The summed E-state index contributed by atoms with van der Waals surface area (Å²) < 4.78 is 0. The zero-order valence-corrected chi connectivity index (χ0v) is 7.73. The molecule has 12 heavy (non-hydrogen) atoms. The van der Waals surface area contributed by atoms with Gasteiger partial charge >= 0.3 is 0 Å². The monoisotopic (exact) mass is 184 g/mol. The molecular formula is C8H12N2OS. The van der Waals surface area contributed by atoms with Crippen LogP contribution in [0.2, 0.25) is 0 Å². The smallest absolute Gasteiger partial charge is 0.239 e. The van der Waals surface area contributed by atoms with Crippen LogP contribution in [0.15, 0.2) is 12.1 Å². The fourth-order valence-corrected chi connectivity index (χ4v) is 1.85. The maximum Gasteiger partial charge on any atom is 0.239 e. The van der Waals surface area contributed by atoms with Gasteiger partial charge in [0.2, 0.25) is 5.91 Å². The summed E-state index contributed by atoms with van der Waals surface area (Å²) in [6.07, 6.45) is 0.968. The molecule has 1 rings (SSSR count). The highest BCUT2D eigenvalue weighted by atomic mass is 32.1. The minimum atomic E-state index is -0.643. The highest BCUT2D eigenvalue weighted by molar-refractivity contribution is 7.12. The number of aryl methyl sites for hydroxylation is 1. The van der Waals surface area contributed by atoms with Crippen LogP contribution in [0.25, 0.3) is 0 Å². The summed E-state index contributed by atoms with van der Waals surface area (Å²) in [6.45, 7) is 2.06. The van der Waals surface area contributed by atoms with Crippen LogP contribution >= 0.6 is 11.3 Å². The maximum atomic E-state index is 10.7. The highest BCUT2D eigenvalue weighted by Gasteiger charge is 2.13. The van der Waals surface area contributed by atoms with Crippen molar-refractivity contribution < 1.29 is 4.79 Å². The summed E-state index contributed by atoms with van der Waals surface area (Å²) in [5.41, 5.74) is 10.6. The second-order valence-electron chi connectivity index (χ2n) is 2.54. The molecule has 1 heterocycles. The Balaban J connectivity index is 2.81. The number of primary amides is 1. The first-order valence-corrected chi connectivity index (χ1v) is 4.60. The van der Waals surface area contributed by atoms with E-state index in [4.69, 9.17) is 11.5 Å². The van der Waals surface area contributed by atoms with Crippen LogP contribution in [0.1, 0.15) is 22.7 Å². The predicted molar refractivity (Wildman–Crippen MR) is 49.8 cm³/mol. The molecule has 0 aliphatic heterocycles. The lowest BCUT2D eigenvalue weighted by Crippen LogP contribution is -2.27. The minimum Gasteiger partial charge on any atom is -0.368 e. The average molecular weight is 184 g/mol. The summed E-state index contributed by atoms with van der Waals surface area (Å²) in [5, 5.41) is 0. The topological polar surface area (TPSA) is 69.1 Å². The largest absolute Gasteiger partial charge is 0.368 e. The molecule has 4 heteroatoms. The Morgan fingerprint density at radius 3 is 2.75 bits per heavy atom. The van der Waals surface area contributed by atoms with Gasteiger partial charge in [-0.1, -0.05) is 6.92 Å². The van der Waals surface area contributed by atoms with Crippen LogP contribution in [0.4, 0.5) is 0 Å². The van der Waals surface area contributed by atoms with Gasteiger partial charge in [0.15, 0.2) is 0 Å². The molecule has 0 radical (unpaired) electrons. The van der Waals surface area contributed by atoms with E-state index in [0.29, 0.717) is 0 Å². The number of hydrogen-bond donors (Lipinski definition) is 2. The molecule has 0 saturated carbocycles. The van der Waals surface area contributed by atoms with Gasteiger partial charge in [-0.25, -0.2) is 0 Å². The van der Waals surface area contributed by atoms with E-state index in [2.05, 4.69) is 6.92 Å². The van der Waals surface area contributed by atoms with Crippen molar-refractivity contribution >= 4 is 17.2 Å². The molecule has 0 spiro atoms. The Hall–Kier alpha value is -0.870. The third kappa shape index (κ3) is 1.84. The third-order valence-electron chi connectivity index (χ3n) is 1.64. The molecule has 1 aromatic heterocycles. The predicted octanol–water partition coefficient (Wildman–Crippen LogP) is 0.796. The van der Waals surface area contributed by atoms with Gasteiger partial charge in [-0.15, -0.1) is 11.3 Å². The standard InChI is InChI=1S/C8H12N2OS/c1-2-5-3-4-6(12-5)7(9)8(10)11/h3-4,7H,2,9H2,1H3,(H2,10,11). The molecule has 0 aliphatic rings. The van der Waals surface area contributed by atoms with Crippen molar-refractivity contribution in [3.05, 3.63) is 21.9 Å². The van der Waals surface area contributed by atoms with Gasteiger partial charge in [0.05, 0.1) is 0 Å². The van der Waals surface area contributed by atoms with Gasteiger partial charge in [0.1, 0.15) is 6.04 Å². The molecule has 0 aliphatic carbocycles. The lowest BCUT2D eigenvalue weighted by atomic mass is 10.2. The Morgan fingerprint density at radius 1 is 1.67 bits per heavy atom. The number of nitrogens with two attached hydrogens (primary N) is 2. The van der Waals surface area contributed by atoms with E-state index in [1.54, 1.807) is 11.3 Å². The quantitative estimate of drug-likeness (QED) is 0.729. The maximum absolute atomic E-state index is 10.7. The van der Waals surface area contributed by atoms with E-state index < -0.39 is 11.9 Å². The number of rotatable bonds is 3. The van der Waals surface area contributed by atoms with Gasteiger partial charge < -0.3 is 11.5 Å². The van der Waals surface area contributed by atoms with Crippen LogP contribution in [0.5, 0.6) is 0 Å². The third-order valence-corrected chi connectivity index (χ3v) is 2.96. The second kappa shape index (κ2) is 3.69. The van der Waals surface area contributed by atoms with E-state index in [-0.39, 0.29) is 0 Å². The van der Waals surface area contributed by atoms with Crippen molar-refractivity contribution in [3.63, 3.8) is 0 Å². The van der Waals surface area contributed by atoms with Crippen LogP contribution in [-0.2, 0) is 11.2 Å². The number of carbonyl (C=O) groups is 1. The first-order valence-electron chi connectivity index (χ1n) is 3.78. The summed E-state index contributed by atoms with van der Waals surface area (Å²) in [7, 11) is 0. The number of amides is 1. The zero-order chi connectivity index (χ0) is 9.14. The molecule has 1 atom stereocenters. The van der Waals surface area contributed by atoms with Crippen LogP contribution < -0.4 is 11.5 Å². The Bertz CT molecular complexity index is 282. The molecule has 1 unspecified atom stereocenters. The van der Waals surface area contributed by atoms with Crippen molar-refractivity contribution in [2.45, 2.75) is 19.4 Å². The molecule has 66 valence electrons. The Kier molecular flexibility index (Phi) is 2.83. The summed E-state index contributed by atoms with van der Waals surface area (Å²) >= 11 is 1.54. The Labute approximate surface area is 75.4 Å². The molecule has 1 aromatic rings.